The Labute approximate surface area is 150 Å². The van der Waals surface area contributed by atoms with Crippen molar-refractivity contribution < 1.29 is 9.09 Å². The molecule has 0 aliphatic carbocycles. The van der Waals surface area contributed by atoms with Crippen LogP contribution in [0.5, 0.6) is 0 Å². The van der Waals surface area contributed by atoms with Crippen LogP contribution in [-0.2, 0) is 9.09 Å². The van der Waals surface area contributed by atoms with Crippen LogP contribution in [0.2, 0.25) is 0 Å². The van der Waals surface area contributed by atoms with Crippen molar-refractivity contribution >= 4 is 7.52 Å². The van der Waals surface area contributed by atoms with Crippen LogP contribution in [0.15, 0.2) is 73.3 Å². The second-order valence-electron chi connectivity index (χ2n) is 6.61. The van der Waals surface area contributed by atoms with Crippen LogP contribution in [-0.4, -0.2) is 24.0 Å². The van der Waals surface area contributed by atoms with Gasteiger partial charge in [0.05, 0.1) is 12.6 Å². The molecule has 0 saturated carbocycles. The van der Waals surface area contributed by atoms with Crippen LogP contribution < -0.4 is 0 Å². The summed E-state index contributed by atoms with van der Waals surface area (Å²) >= 11 is 0. The molecule has 1 fully saturated rings. The molecular weight excluding hydrogens is 329 g/mol. The summed E-state index contributed by atoms with van der Waals surface area (Å²) in [5.41, 5.74) is 2.29. The molecule has 25 heavy (non-hydrogen) atoms. The van der Waals surface area contributed by atoms with Crippen LogP contribution in [0.25, 0.3) is 0 Å². The SMILES string of the molecule is C=C[C@H](C)CP1(=O)OCCCN1C(c1ccccc1)c1ccccc1. The molecule has 132 valence electrons. The molecule has 0 bridgehead atoms. The van der Waals surface area contributed by atoms with E-state index in [1.54, 1.807) is 0 Å². The zero-order chi connectivity index (χ0) is 17.7. The van der Waals surface area contributed by atoms with Gasteiger partial charge in [-0.25, -0.2) is 4.67 Å². The number of rotatable bonds is 6. The van der Waals surface area contributed by atoms with Gasteiger partial charge in [0.2, 0.25) is 0 Å². The first-order chi connectivity index (χ1) is 12.1. The van der Waals surface area contributed by atoms with Gasteiger partial charge in [0.1, 0.15) is 0 Å². The fourth-order valence-electron chi connectivity index (χ4n) is 3.37. The van der Waals surface area contributed by atoms with Gasteiger partial charge in [-0.1, -0.05) is 73.7 Å². The zero-order valence-electron chi connectivity index (χ0n) is 14.8. The highest BCUT2D eigenvalue weighted by Crippen LogP contribution is 2.59. The van der Waals surface area contributed by atoms with E-state index in [1.165, 1.54) is 0 Å². The van der Waals surface area contributed by atoms with Crippen molar-refractivity contribution in [3.8, 4) is 0 Å². The first kappa shape index (κ1) is 18.1. The summed E-state index contributed by atoms with van der Waals surface area (Å²) in [5, 5.41) is 0. The Bertz CT molecular complexity index is 693. The highest BCUT2D eigenvalue weighted by Gasteiger charge is 2.41. The number of hydrogen-bond acceptors (Lipinski definition) is 2. The van der Waals surface area contributed by atoms with Crippen molar-refractivity contribution in [3.63, 3.8) is 0 Å². The highest BCUT2D eigenvalue weighted by atomic mass is 31.2. The monoisotopic (exact) mass is 355 g/mol. The minimum absolute atomic E-state index is 0.0643. The lowest BCUT2D eigenvalue weighted by atomic mass is 9.98. The van der Waals surface area contributed by atoms with Crippen LogP contribution in [0.4, 0.5) is 0 Å². The standard InChI is InChI=1S/C21H26NO2P/c1-3-18(2)17-25(23)22(15-10-16-24-25)21(19-11-6-4-7-12-19)20-13-8-5-9-14-20/h3-9,11-14,18,21H,1,10,15-17H2,2H3/t18-,25?/m0/s1. The maximum Gasteiger partial charge on any atom is 0.273 e. The van der Waals surface area contributed by atoms with Gasteiger partial charge in [-0.15, -0.1) is 6.58 Å². The molecule has 1 aliphatic rings. The summed E-state index contributed by atoms with van der Waals surface area (Å²) in [6, 6.07) is 20.5. The summed E-state index contributed by atoms with van der Waals surface area (Å²) in [5.74, 6) is 0.152. The highest BCUT2D eigenvalue weighted by molar-refractivity contribution is 7.56. The van der Waals surface area contributed by atoms with Crippen LogP contribution in [0, 0.1) is 5.92 Å². The van der Waals surface area contributed by atoms with Crippen molar-refractivity contribution in [1.82, 2.24) is 4.67 Å². The average molecular weight is 355 g/mol. The Kier molecular flexibility index (Phi) is 5.90. The third kappa shape index (κ3) is 4.12. The normalized spacial score (nSPS) is 22.6. The maximum absolute atomic E-state index is 13.8. The van der Waals surface area contributed by atoms with Gasteiger partial charge in [0.25, 0.3) is 7.52 Å². The summed E-state index contributed by atoms with van der Waals surface area (Å²) in [4.78, 5) is 0. The van der Waals surface area contributed by atoms with Crippen molar-refractivity contribution in [2.45, 2.75) is 19.4 Å². The Morgan fingerprint density at radius 1 is 1.12 bits per heavy atom. The Balaban J connectivity index is 2.04. The number of benzene rings is 2. The van der Waals surface area contributed by atoms with Gasteiger partial charge in [-0.05, 0) is 23.5 Å². The molecule has 0 radical (unpaired) electrons. The number of nitrogens with zero attached hydrogens (tertiary/aromatic N) is 1. The molecule has 1 saturated heterocycles. The van der Waals surface area contributed by atoms with Gasteiger partial charge in [-0.2, -0.15) is 0 Å². The van der Waals surface area contributed by atoms with E-state index < -0.39 is 7.52 Å². The largest absolute Gasteiger partial charge is 0.317 e. The molecule has 3 nitrogen and oxygen atoms in total. The molecule has 3 rings (SSSR count). The fourth-order valence-corrected chi connectivity index (χ4v) is 6.19. The summed E-state index contributed by atoms with van der Waals surface area (Å²) < 4.78 is 21.8. The molecule has 0 N–H and O–H groups in total. The second kappa shape index (κ2) is 8.14. The minimum atomic E-state index is -2.92. The van der Waals surface area contributed by atoms with E-state index in [4.69, 9.17) is 4.52 Å². The average Bonchev–Trinajstić information content (AvgIpc) is 2.65. The first-order valence-corrected chi connectivity index (χ1v) is 10.6. The predicted octanol–water partition coefficient (Wildman–Crippen LogP) is 5.51. The van der Waals surface area contributed by atoms with Crippen molar-refractivity contribution in [2.75, 3.05) is 19.3 Å². The molecule has 2 aromatic rings. The molecule has 1 unspecified atom stereocenters. The third-order valence-corrected chi connectivity index (χ3v) is 7.50. The lowest BCUT2D eigenvalue weighted by Crippen LogP contribution is -2.34. The number of hydrogen-bond donors (Lipinski definition) is 0. The zero-order valence-corrected chi connectivity index (χ0v) is 15.6. The fraction of sp³-hybridized carbons (Fsp3) is 0.333. The smallest absolute Gasteiger partial charge is 0.273 e. The second-order valence-corrected chi connectivity index (χ2v) is 9.02. The van der Waals surface area contributed by atoms with Gasteiger partial charge < -0.3 is 4.52 Å². The molecule has 2 aromatic carbocycles. The molecule has 1 aliphatic heterocycles. The van der Waals surface area contributed by atoms with Crippen molar-refractivity contribution in [1.29, 1.82) is 0 Å². The third-order valence-electron chi connectivity index (χ3n) is 4.67. The van der Waals surface area contributed by atoms with E-state index in [9.17, 15) is 4.57 Å². The molecular formula is C21H26NO2P. The molecule has 0 amide bonds. The van der Waals surface area contributed by atoms with Gasteiger partial charge in [0.15, 0.2) is 0 Å². The summed E-state index contributed by atoms with van der Waals surface area (Å²) in [6.07, 6.45) is 3.26. The topological polar surface area (TPSA) is 29.5 Å². The van der Waals surface area contributed by atoms with Gasteiger partial charge in [-0.3, -0.25) is 4.57 Å². The Hall–Kier alpha value is -1.67. The lowest BCUT2D eigenvalue weighted by Gasteiger charge is -2.41. The van der Waals surface area contributed by atoms with Gasteiger partial charge in [0, 0.05) is 12.7 Å². The molecule has 0 spiro atoms. The minimum Gasteiger partial charge on any atom is -0.317 e. The predicted molar refractivity (Wildman–Crippen MR) is 104 cm³/mol. The van der Waals surface area contributed by atoms with Crippen LogP contribution in [0.3, 0.4) is 0 Å². The summed E-state index contributed by atoms with van der Waals surface area (Å²) in [7, 11) is -2.92. The lowest BCUT2D eigenvalue weighted by molar-refractivity contribution is 0.187. The molecule has 2 atom stereocenters. The van der Waals surface area contributed by atoms with E-state index in [-0.39, 0.29) is 12.0 Å². The Morgan fingerprint density at radius 3 is 2.20 bits per heavy atom. The molecule has 1 heterocycles. The van der Waals surface area contributed by atoms with E-state index in [0.29, 0.717) is 12.8 Å². The molecule has 4 heteroatoms. The van der Waals surface area contributed by atoms with Crippen LogP contribution in [0.1, 0.15) is 30.5 Å². The Morgan fingerprint density at radius 2 is 1.68 bits per heavy atom. The van der Waals surface area contributed by atoms with Crippen molar-refractivity contribution in [2.24, 2.45) is 5.92 Å². The van der Waals surface area contributed by atoms with Gasteiger partial charge >= 0.3 is 0 Å². The van der Waals surface area contributed by atoms with E-state index in [1.807, 2.05) is 49.4 Å². The van der Waals surface area contributed by atoms with E-state index in [2.05, 4.69) is 35.5 Å². The van der Waals surface area contributed by atoms with Crippen molar-refractivity contribution in [3.05, 3.63) is 84.4 Å². The first-order valence-electron chi connectivity index (χ1n) is 8.87. The summed E-state index contributed by atoms with van der Waals surface area (Å²) in [6.45, 7) is 7.23. The van der Waals surface area contributed by atoms with E-state index in [0.717, 1.165) is 24.1 Å². The number of allylic oxidation sites excluding steroid dienone is 1. The maximum atomic E-state index is 13.8. The van der Waals surface area contributed by atoms with E-state index >= 15 is 0 Å². The van der Waals surface area contributed by atoms with Crippen LogP contribution >= 0.6 is 7.52 Å². The quantitative estimate of drug-likeness (QED) is 0.505. The molecule has 0 aromatic heterocycles.